The molecule has 192 valence electrons. The Morgan fingerprint density at radius 1 is 1.03 bits per heavy atom. The maximum Gasteiger partial charge on any atom is 0.228 e. The molecule has 0 radical (unpaired) electrons. The first-order valence-corrected chi connectivity index (χ1v) is 14.4. The van der Waals surface area contributed by atoms with Crippen molar-refractivity contribution in [2.75, 3.05) is 33.2 Å². The Morgan fingerprint density at radius 3 is 2.64 bits per heavy atom. The largest absolute Gasteiger partial charge is 0.339 e. The van der Waals surface area contributed by atoms with E-state index in [1.165, 1.54) is 54.4 Å². The van der Waals surface area contributed by atoms with E-state index >= 15 is 0 Å². The molecule has 3 aliphatic heterocycles. The number of nitrogens with one attached hydrogen (secondary N) is 1. The highest BCUT2D eigenvalue weighted by Crippen LogP contribution is 2.45. The van der Waals surface area contributed by atoms with Crippen LogP contribution in [0.1, 0.15) is 73.1 Å². The van der Waals surface area contributed by atoms with E-state index in [9.17, 15) is 4.79 Å². The van der Waals surface area contributed by atoms with Gasteiger partial charge in [0, 0.05) is 44.2 Å². The summed E-state index contributed by atoms with van der Waals surface area (Å²) in [6, 6.07) is 18.4. The van der Waals surface area contributed by atoms with Crippen molar-refractivity contribution in [1.29, 1.82) is 0 Å². The minimum atomic E-state index is -0.124. The van der Waals surface area contributed by atoms with Gasteiger partial charge in [0.2, 0.25) is 5.91 Å². The third-order valence-electron chi connectivity index (χ3n) is 9.94. The smallest absolute Gasteiger partial charge is 0.228 e. The standard InChI is InChI=1S/C32H43N3O/c1-23-13-14-28-27(17-23)20-34(2)22-32(28)21-33-19-29(32)31(36)35-16-15-26(24-9-5-3-6-10-24)18-30(35)25-11-7-4-8-12-25/h3,5-6,9-10,13-14,17,25-26,29-30,33H,4,7-8,11-12,15-16,18-22H2,1-2H3. The molecule has 6 rings (SSSR count). The van der Waals surface area contributed by atoms with Gasteiger partial charge in [-0.25, -0.2) is 0 Å². The van der Waals surface area contributed by atoms with Crippen molar-refractivity contribution < 1.29 is 4.79 Å². The highest BCUT2D eigenvalue weighted by atomic mass is 16.2. The predicted molar refractivity (Wildman–Crippen MR) is 146 cm³/mol. The van der Waals surface area contributed by atoms with Crippen LogP contribution in [0.5, 0.6) is 0 Å². The Bertz CT molecular complexity index is 1080. The molecule has 36 heavy (non-hydrogen) atoms. The number of carbonyl (C=O) groups excluding carboxylic acids is 1. The van der Waals surface area contributed by atoms with Gasteiger partial charge in [-0.1, -0.05) is 73.4 Å². The molecule has 4 aliphatic rings. The molecule has 3 fully saturated rings. The van der Waals surface area contributed by atoms with Crippen LogP contribution < -0.4 is 5.32 Å². The van der Waals surface area contributed by atoms with Crippen molar-refractivity contribution in [1.82, 2.24) is 15.1 Å². The summed E-state index contributed by atoms with van der Waals surface area (Å²) in [5, 5.41) is 3.68. The number of carbonyl (C=O) groups is 1. The summed E-state index contributed by atoms with van der Waals surface area (Å²) in [4.78, 5) is 19.4. The first-order valence-electron chi connectivity index (χ1n) is 14.4. The minimum absolute atomic E-state index is 0.0149. The summed E-state index contributed by atoms with van der Waals surface area (Å²) in [6.45, 7) is 6.73. The number of piperidine rings is 1. The monoisotopic (exact) mass is 485 g/mol. The van der Waals surface area contributed by atoms with E-state index < -0.39 is 0 Å². The van der Waals surface area contributed by atoms with Crippen LogP contribution in [0.3, 0.4) is 0 Å². The van der Waals surface area contributed by atoms with E-state index in [1.54, 1.807) is 0 Å². The van der Waals surface area contributed by atoms with E-state index in [1.807, 2.05) is 0 Å². The fourth-order valence-electron chi connectivity index (χ4n) is 8.25. The fourth-order valence-corrected chi connectivity index (χ4v) is 8.25. The van der Waals surface area contributed by atoms with E-state index in [0.29, 0.717) is 23.8 Å². The number of hydrogen-bond acceptors (Lipinski definition) is 3. The van der Waals surface area contributed by atoms with Gasteiger partial charge in [-0.15, -0.1) is 0 Å². The molecule has 4 unspecified atom stereocenters. The van der Waals surface area contributed by atoms with Crippen LogP contribution in [0.2, 0.25) is 0 Å². The molecule has 1 spiro atoms. The zero-order valence-corrected chi connectivity index (χ0v) is 22.2. The summed E-state index contributed by atoms with van der Waals surface area (Å²) in [5.74, 6) is 1.66. The van der Waals surface area contributed by atoms with Gasteiger partial charge in [0.15, 0.2) is 0 Å². The predicted octanol–water partition coefficient (Wildman–Crippen LogP) is 5.25. The SMILES string of the molecule is Cc1ccc2c(c1)CN(C)CC21CNCC1C(=O)N1CCC(c2ccccc2)CC1C1CCCCC1. The molecule has 4 nitrogen and oxygen atoms in total. The normalized spacial score (nSPS) is 31.5. The average molecular weight is 486 g/mol. The zero-order chi connectivity index (χ0) is 24.7. The topological polar surface area (TPSA) is 35.6 Å². The number of hydrogen-bond donors (Lipinski definition) is 1. The molecular formula is C32H43N3O. The molecule has 1 saturated carbocycles. The lowest BCUT2D eigenvalue weighted by Crippen LogP contribution is -2.57. The number of benzene rings is 2. The number of nitrogens with zero attached hydrogens (tertiary/aromatic N) is 2. The van der Waals surface area contributed by atoms with Crippen LogP contribution in [0, 0.1) is 18.8 Å². The summed E-state index contributed by atoms with van der Waals surface area (Å²) < 4.78 is 0. The lowest BCUT2D eigenvalue weighted by atomic mass is 9.67. The third kappa shape index (κ3) is 4.31. The quantitative estimate of drug-likeness (QED) is 0.645. The molecule has 4 heteroatoms. The fraction of sp³-hybridized carbons (Fsp3) is 0.594. The van der Waals surface area contributed by atoms with Crippen LogP contribution in [0.4, 0.5) is 0 Å². The van der Waals surface area contributed by atoms with E-state index in [0.717, 1.165) is 45.6 Å². The van der Waals surface area contributed by atoms with Crippen molar-refractivity contribution in [2.24, 2.45) is 11.8 Å². The Kier molecular flexibility index (Phi) is 6.68. The van der Waals surface area contributed by atoms with Crippen LogP contribution in [0.25, 0.3) is 0 Å². The number of amides is 1. The van der Waals surface area contributed by atoms with Crippen molar-refractivity contribution >= 4 is 5.91 Å². The highest BCUT2D eigenvalue weighted by Gasteiger charge is 2.53. The number of fused-ring (bicyclic) bond motifs is 2. The lowest BCUT2D eigenvalue weighted by Gasteiger charge is -2.49. The molecule has 1 aliphatic carbocycles. The molecule has 4 atom stereocenters. The zero-order valence-electron chi connectivity index (χ0n) is 22.2. The first kappa shape index (κ1) is 24.2. The second kappa shape index (κ2) is 9.95. The molecule has 3 heterocycles. The highest BCUT2D eigenvalue weighted by molar-refractivity contribution is 5.82. The van der Waals surface area contributed by atoms with Crippen molar-refractivity contribution in [3.63, 3.8) is 0 Å². The molecule has 0 aromatic heterocycles. The maximum absolute atomic E-state index is 14.6. The van der Waals surface area contributed by atoms with Gasteiger partial charge in [-0.2, -0.15) is 0 Å². The number of rotatable bonds is 3. The summed E-state index contributed by atoms with van der Waals surface area (Å²) >= 11 is 0. The maximum atomic E-state index is 14.6. The van der Waals surface area contributed by atoms with Crippen LogP contribution >= 0.6 is 0 Å². The van der Waals surface area contributed by atoms with E-state index in [2.05, 4.69) is 77.6 Å². The van der Waals surface area contributed by atoms with Gasteiger partial charge < -0.3 is 15.1 Å². The lowest BCUT2D eigenvalue weighted by molar-refractivity contribution is -0.143. The Hall–Kier alpha value is -2.17. The second-order valence-electron chi connectivity index (χ2n) is 12.3. The Balaban J connectivity index is 1.32. The van der Waals surface area contributed by atoms with Gasteiger partial charge in [0.05, 0.1) is 5.92 Å². The number of aryl methyl sites for hydroxylation is 1. The molecule has 1 amide bonds. The molecule has 2 aromatic carbocycles. The van der Waals surface area contributed by atoms with E-state index in [4.69, 9.17) is 0 Å². The molecule has 0 bridgehead atoms. The molecule has 2 saturated heterocycles. The molecular weight excluding hydrogens is 442 g/mol. The van der Waals surface area contributed by atoms with E-state index in [-0.39, 0.29) is 11.3 Å². The summed E-state index contributed by atoms with van der Waals surface area (Å²) in [6.07, 6.45) is 8.80. The van der Waals surface area contributed by atoms with Crippen molar-refractivity contribution in [3.8, 4) is 0 Å². The first-order chi connectivity index (χ1) is 17.5. The Labute approximate surface area is 217 Å². The van der Waals surface area contributed by atoms with Gasteiger partial charge in [0.25, 0.3) is 0 Å². The van der Waals surface area contributed by atoms with Gasteiger partial charge in [-0.3, -0.25) is 4.79 Å². The third-order valence-corrected chi connectivity index (χ3v) is 9.94. The average Bonchev–Trinajstić information content (AvgIpc) is 3.32. The van der Waals surface area contributed by atoms with Gasteiger partial charge in [-0.05, 0) is 68.2 Å². The van der Waals surface area contributed by atoms with Crippen molar-refractivity contribution in [3.05, 3.63) is 70.8 Å². The number of likely N-dealkylation sites (tertiary alicyclic amines) is 1. The summed E-state index contributed by atoms with van der Waals surface area (Å²) in [5.41, 5.74) is 5.48. The molecule has 2 aromatic rings. The van der Waals surface area contributed by atoms with Crippen LogP contribution in [-0.4, -0.2) is 55.0 Å². The van der Waals surface area contributed by atoms with Crippen molar-refractivity contribution in [2.45, 2.75) is 75.8 Å². The van der Waals surface area contributed by atoms with Crippen LogP contribution in [0.15, 0.2) is 48.5 Å². The summed E-state index contributed by atoms with van der Waals surface area (Å²) in [7, 11) is 2.23. The molecule has 1 N–H and O–H groups in total. The minimum Gasteiger partial charge on any atom is -0.339 e. The second-order valence-corrected chi connectivity index (χ2v) is 12.3. The van der Waals surface area contributed by atoms with Gasteiger partial charge >= 0.3 is 0 Å². The number of likely N-dealkylation sites (N-methyl/N-ethyl adjacent to an activating group) is 1. The van der Waals surface area contributed by atoms with Gasteiger partial charge in [0.1, 0.15) is 0 Å². The van der Waals surface area contributed by atoms with Crippen LogP contribution in [-0.2, 0) is 16.8 Å². The Morgan fingerprint density at radius 2 is 1.83 bits per heavy atom.